The molecule has 0 aromatic carbocycles. The van der Waals surface area contributed by atoms with Gasteiger partial charge in [0.1, 0.15) is 6.10 Å². The molecule has 0 saturated heterocycles. The number of aliphatic hydroxyl groups excluding tert-OH is 3. The molecule has 2 atom stereocenters. The monoisotopic (exact) mass is 236 g/mol. The average Bonchev–Trinajstić information content (AvgIpc) is 2.18. The summed E-state index contributed by atoms with van der Waals surface area (Å²) in [6, 6.07) is 0. The van der Waals surface area contributed by atoms with Crippen LogP contribution in [0.5, 0.6) is 0 Å². The molecule has 0 aliphatic heterocycles. The number of hydrogen-bond donors (Lipinski definition) is 4. The minimum atomic E-state index is -1.23. The fourth-order valence-corrected chi connectivity index (χ4v) is 0.905. The summed E-state index contributed by atoms with van der Waals surface area (Å²) in [5, 5.41) is 33.1. The Morgan fingerprint density at radius 3 is 1.81 bits per heavy atom. The molecular weight excluding hydrogens is 212 g/mol. The Hall–Kier alpha value is -0.650. The molecule has 0 radical (unpaired) electrons. The number of aliphatic hydroxyl groups is 3. The second-order valence-corrected chi connectivity index (χ2v) is 3.79. The highest BCUT2D eigenvalue weighted by molar-refractivity contribution is 5.71. The van der Waals surface area contributed by atoms with Gasteiger partial charge in [-0.05, 0) is 26.7 Å². The minimum Gasteiger partial charge on any atom is -0.479 e. The van der Waals surface area contributed by atoms with Crippen LogP contribution in [0, 0.1) is 0 Å². The summed E-state index contributed by atoms with van der Waals surface area (Å²) in [4.78, 5) is 9.45. The summed E-state index contributed by atoms with van der Waals surface area (Å²) in [6.45, 7) is 3.31. The molecule has 5 heteroatoms. The zero-order valence-corrected chi connectivity index (χ0v) is 10.1. The van der Waals surface area contributed by atoms with Gasteiger partial charge in [-0.15, -0.1) is 0 Å². The van der Waals surface area contributed by atoms with Crippen molar-refractivity contribution in [1.82, 2.24) is 0 Å². The van der Waals surface area contributed by atoms with Crippen molar-refractivity contribution in [2.45, 2.75) is 58.2 Å². The van der Waals surface area contributed by atoms with Gasteiger partial charge in [0.15, 0.2) is 0 Å². The second-order valence-electron chi connectivity index (χ2n) is 3.79. The first-order valence-electron chi connectivity index (χ1n) is 5.61. The molecule has 0 aromatic rings. The first kappa shape index (κ1) is 17.7. The maximum Gasteiger partial charge on any atom is 0.332 e. The van der Waals surface area contributed by atoms with E-state index in [2.05, 4.69) is 0 Å². The Kier molecular flexibility index (Phi) is 13.8. The summed E-state index contributed by atoms with van der Waals surface area (Å²) < 4.78 is 0. The first-order valence-corrected chi connectivity index (χ1v) is 5.61. The third-order valence-corrected chi connectivity index (χ3v) is 1.89. The topological polar surface area (TPSA) is 98.0 Å². The molecule has 0 aromatic heterocycles. The number of carboxylic acid groups (broad SMARTS) is 1. The molecule has 2 unspecified atom stereocenters. The van der Waals surface area contributed by atoms with Gasteiger partial charge in [-0.25, -0.2) is 4.79 Å². The lowest BCUT2D eigenvalue weighted by molar-refractivity contribution is -0.145. The zero-order chi connectivity index (χ0) is 13.0. The number of aliphatic carboxylic acids is 1. The van der Waals surface area contributed by atoms with Crippen LogP contribution in [-0.2, 0) is 4.79 Å². The lowest BCUT2D eigenvalue weighted by Crippen LogP contribution is -2.13. The van der Waals surface area contributed by atoms with Crippen LogP contribution in [0.1, 0.15) is 46.0 Å². The van der Waals surface area contributed by atoms with Crippen LogP contribution in [0.4, 0.5) is 0 Å². The van der Waals surface area contributed by atoms with Gasteiger partial charge in [-0.1, -0.05) is 19.3 Å². The largest absolute Gasteiger partial charge is 0.479 e. The standard InChI is InChI=1S/C8H18O2.C3H6O3/c1-8(10)6-4-2-3-5-7-9;1-2(4)3(5)6/h8-10H,2-7H2,1H3;2,4H,1H3,(H,5,6). The van der Waals surface area contributed by atoms with Gasteiger partial charge >= 0.3 is 5.97 Å². The number of carbonyl (C=O) groups is 1. The number of hydrogen-bond acceptors (Lipinski definition) is 4. The molecule has 0 spiro atoms. The zero-order valence-electron chi connectivity index (χ0n) is 10.1. The fraction of sp³-hybridized carbons (Fsp3) is 0.909. The third kappa shape index (κ3) is 19.0. The van der Waals surface area contributed by atoms with Crippen LogP contribution in [0.2, 0.25) is 0 Å². The van der Waals surface area contributed by atoms with Gasteiger partial charge < -0.3 is 20.4 Å². The lowest BCUT2D eigenvalue weighted by Gasteiger charge is -2.01. The van der Waals surface area contributed by atoms with E-state index in [4.69, 9.17) is 20.4 Å². The van der Waals surface area contributed by atoms with Gasteiger partial charge in [0.2, 0.25) is 0 Å². The van der Waals surface area contributed by atoms with Crippen LogP contribution < -0.4 is 0 Å². The Morgan fingerprint density at radius 1 is 1.06 bits per heavy atom. The smallest absolute Gasteiger partial charge is 0.332 e. The van der Waals surface area contributed by atoms with Crippen molar-refractivity contribution in [3.05, 3.63) is 0 Å². The SMILES string of the molecule is CC(O)C(=O)O.CC(O)CCCCCCO. The van der Waals surface area contributed by atoms with E-state index in [0.717, 1.165) is 32.1 Å². The van der Waals surface area contributed by atoms with Gasteiger partial charge in [-0.3, -0.25) is 0 Å². The molecule has 0 bridgehead atoms. The van der Waals surface area contributed by atoms with Crippen molar-refractivity contribution in [3.8, 4) is 0 Å². The number of carboxylic acids is 1. The Morgan fingerprint density at radius 2 is 1.50 bits per heavy atom. The van der Waals surface area contributed by atoms with Crippen molar-refractivity contribution in [2.24, 2.45) is 0 Å². The molecule has 0 aliphatic rings. The molecule has 4 N–H and O–H groups in total. The second kappa shape index (κ2) is 12.4. The van der Waals surface area contributed by atoms with Crippen molar-refractivity contribution < 1.29 is 25.2 Å². The maximum atomic E-state index is 9.45. The Balaban J connectivity index is 0. The van der Waals surface area contributed by atoms with Crippen LogP contribution in [0.15, 0.2) is 0 Å². The number of unbranched alkanes of at least 4 members (excludes halogenated alkanes) is 3. The summed E-state index contributed by atoms with van der Waals surface area (Å²) in [5.74, 6) is -1.19. The highest BCUT2D eigenvalue weighted by Gasteiger charge is 2.01. The van der Waals surface area contributed by atoms with Crippen molar-refractivity contribution in [1.29, 1.82) is 0 Å². The van der Waals surface area contributed by atoms with Gasteiger partial charge in [0, 0.05) is 6.61 Å². The lowest BCUT2D eigenvalue weighted by atomic mass is 10.1. The molecule has 5 nitrogen and oxygen atoms in total. The Bertz CT molecular complexity index is 156. The van der Waals surface area contributed by atoms with Crippen molar-refractivity contribution in [3.63, 3.8) is 0 Å². The van der Waals surface area contributed by atoms with E-state index < -0.39 is 12.1 Å². The van der Waals surface area contributed by atoms with Gasteiger partial charge in [0.05, 0.1) is 6.10 Å². The van der Waals surface area contributed by atoms with Crippen LogP contribution in [0.3, 0.4) is 0 Å². The van der Waals surface area contributed by atoms with E-state index in [-0.39, 0.29) is 6.10 Å². The molecule has 16 heavy (non-hydrogen) atoms. The summed E-state index contributed by atoms with van der Waals surface area (Å²) in [5.41, 5.74) is 0. The van der Waals surface area contributed by atoms with Gasteiger partial charge in [0.25, 0.3) is 0 Å². The highest BCUT2D eigenvalue weighted by Crippen LogP contribution is 2.04. The molecule has 0 rings (SSSR count). The predicted molar refractivity (Wildman–Crippen MR) is 61.2 cm³/mol. The average molecular weight is 236 g/mol. The van der Waals surface area contributed by atoms with Gasteiger partial charge in [-0.2, -0.15) is 0 Å². The summed E-state index contributed by atoms with van der Waals surface area (Å²) in [6.07, 6.45) is 3.71. The van der Waals surface area contributed by atoms with E-state index in [1.54, 1.807) is 0 Å². The van der Waals surface area contributed by atoms with Crippen LogP contribution in [0.25, 0.3) is 0 Å². The maximum absolute atomic E-state index is 9.45. The third-order valence-electron chi connectivity index (χ3n) is 1.89. The quantitative estimate of drug-likeness (QED) is 0.489. The van der Waals surface area contributed by atoms with E-state index in [1.807, 2.05) is 6.92 Å². The molecule has 0 saturated carbocycles. The van der Waals surface area contributed by atoms with E-state index in [0.29, 0.717) is 6.61 Å². The van der Waals surface area contributed by atoms with Crippen LogP contribution in [-0.4, -0.2) is 45.2 Å². The van der Waals surface area contributed by atoms with E-state index in [9.17, 15) is 4.79 Å². The molecular formula is C11H24O5. The summed E-state index contributed by atoms with van der Waals surface area (Å²) in [7, 11) is 0. The molecule has 0 fully saturated rings. The normalized spacial score (nSPS) is 13.6. The minimum absolute atomic E-state index is 0.158. The molecule has 0 amide bonds. The Labute approximate surface area is 96.7 Å². The molecule has 0 heterocycles. The molecule has 0 aliphatic carbocycles. The predicted octanol–water partition coefficient (Wildman–Crippen LogP) is 0.762. The van der Waals surface area contributed by atoms with Crippen molar-refractivity contribution >= 4 is 5.97 Å². The highest BCUT2D eigenvalue weighted by atomic mass is 16.4. The van der Waals surface area contributed by atoms with E-state index in [1.165, 1.54) is 6.92 Å². The fourth-order valence-electron chi connectivity index (χ4n) is 0.905. The molecule has 98 valence electrons. The first-order chi connectivity index (χ1) is 7.41. The summed E-state index contributed by atoms with van der Waals surface area (Å²) >= 11 is 0. The van der Waals surface area contributed by atoms with Crippen LogP contribution >= 0.6 is 0 Å². The number of rotatable bonds is 7. The van der Waals surface area contributed by atoms with E-state index >= 15 is 0 Å². The van der Waals surface area contributed by atoms with Crippen molar-refractivity contribution in [2.75, 3.05) is 6.61 Å².